The lowest BCUT2D eigenvalue weighted by Crippen LogP contribution is -1.99. The van der Waals surface area contributed by atoms with E-state index in [0.29, 0.717) is 0 Å². The van der Waals surface area contributed by atoms with Crippen molar-refractivity contribution in [2.45, 2.75) is 6.92 Å². The van der Waals surface area contributed by atoms with Crippen LogP contribution < -0.4 is 5.73 Å². The van der Waals surface area contributed by atoms with Crippen molar-refractivity contribution in [3.8, 4) is 0 Å². The Morgan fingerprint density at radius 1 is 2.00 bits per heavy atom. The van der Waals surface area contributed by atoms with E-state index in [0.717, 1.165) is 0 Å². The lowest BCUT2D eigenvalue weighted by Gasteiger charge is -1.85. The zero-order valence-electron chi connectivity index (χ0n) is 3.47. The minimum absolute atomic E-state index is 0.231. The molecule has 3 nitrogen and oxygen atoms in total. The van der Waals surface area contributed by atoms with E-state index in [4.69, 9.17) is 5.73 Å². The lowest BCUT2D eigenvalue weighted by molar-refractivity contribution is 0.161. The van der Waals surface area contributed by atoms with Gasteiger partial charge in [-0.05, 0) is 6.92 Å². The molecule has 0 saturated carbocycles. The van der Waals surface area contributed by atoms with Crippen molar-refractivity contribution >= 4 is 6.09 Å². The Morgan fingerprint density at radius 3 is 2.50 bits per heavy atom. The van der Waals surface area contributed by atoms with Crippen molar-refractivity contribution in [2.24, 2.45) is 0 Å². The van der Waals surface area contributed by atoms with E-state index in [1.54, 1.807) is 6.92 Å². The van der Waals surface area contributed by atoms with Gasteiger partial charge in [0.15, 0.2) is 0 Å². The van der Waals surface area contributed by atoms with E-state index in [1.165, 1.54) is 0 Å². The highest BCUT2D eigenvalue weighted by atomic mass is 16.5. The fourth-order valence-electron chi connectivity index (χ4n) is 0.123. The average Bonchev–Trinajstić information content (AvgIpc) is 1.35. The fourth-order valence-corrected chi connectivity index (χ4v) is 0.123. The Balaban J connectivity index is 2.83. The predicted molar refractivity (Wildman–Crippen MR) is 19.2 cm³/mol. The first-order chi connectivity index (χ1) is 2.77. The van der Waals surface area contributed by atoms with Crippen molar-refractivity contribution in [1.29, 1.82) is 0 Å². The van der Waals surface area contributed by atoms with Gasteiger partial charge >= 0.3 is 6.09 Å². The molecule has 2 radical (unpaired) electrons. The third kappa shape index (κ3) is 3.27. The lowest BCUT2D eigenvalue weighted by atomic mass is 10.9. The maximum Gasteiger partial charge on any atom is 0.452 e. The van der Waals surface area contributed by atoms with Gasteiger partial charge in [-0.15, -0.1) is 0 Å². The summed E-state index contributed by atoms with van der Waals surface area (Å²) in [7, 11) is 0. The van der Waals surface area contributed by atoms with Gasteiger partial charge in [-0.1, -0.05) is 5.73 Å². The number of amides is 1. The summed E-state index contributed by atoms with van der Waals surface area (Å²) in [5, 5.41) is 0. The van der Waals surface area contributed by atoms with Crippen molar-refractivity contribution < 1.29 is 9.53 Å². The number of ether oxygens (including phenoxy) is 1. The third-order valence-corrected chi connectivity index (χ3v) is 0.268. The van der Waals surface area contributed by atoms with Gasteiger partial charge in [-0.25, -0.2) is 4.79 Å². The van der Waals surface area contributed by atoms with Gasteiger partial charge < -0.3 is 4.74 Å². The number of hydrogen-bond acceptors (Lipinski definition) is 2. The molecule has 0 N–H and O–H groups in total. The van der Waals surface area contributed by atoms with E-state index >= 15 is 0 Å². The zero-order chi connectivity index (χ0) is 4.99. The van der Waals surface area contributed by atoms with Gasteiger partial charge in [0.05, 0.1) is 6.61 Å². The zero-order valence-corrected chi connectivity index (χ0v) is 3.47. The van der Waals surface area contributed by atoms with E-state index in [-0.39, 0.29) is 6.61 Å². The average molecular weight is 87.1 g/mol. The Morgan fingerprint density at radius 2 is 2.50 bits per heavy atom. The van der Waals surface area contributed by atoms with Gasteiger partial charge in [0.25, 0.3) is 0 Å². The Bertz CT molecular complexity index is 52.8. The van der Waals surface area contributed by atoms with Crippen LogP contribution in [0.1, 0.15) is 6.92 Å². The number of carbonyl (C=O) groups excluding carboxylic acids is 1. The van der Waals surface area contributed by atoms with Crippen LogP contribution in [0.2, 0.25) is 0 Å². The number of hydrogen-bond donors (Lipinski definition) is 0. The maximum absolute atomic E-state index is 9.38. The molecule has 0 aromatic rings. The summed E-state index contributed by atoms with van der Waals surface area (Å²) in [6.07, 6.45) is -1.21. The summed E-state index contributed by atoms with van der Waals surface area (Å²) < 4.78 is 3.96. The predicted octanol–water partition coefficient (Wildman–Crippen LogP) is 0.212. The second kappa shape index (κ2) is 2.50. The minimum Gasteiger partial charge on any atom is -0.447 e. The molecule has 0 heterocycles. The Hall–Kier alpha value is -0.730. The first-order valence-electron chi connectivity index (χ1n) is 1.63. The molecular formula is C3H5NO2. The van der Waals surface area contributed by atoms with Crippen LogP contribution in [0.3, 0.4) is 0 Å². The van der Waals surface area contributed by atoms with Crippen molar-refractivity contribution in [1.82, 2.24) is 5.73 Å². The molecular weight excluding hydrogens is 82.0 g/mol. The Labute approximate surface area is 36.1 Å². The first-order valence-corrected chi connectivity index (χ1v) is 1.63. The molecule has 3 heteroatoms. The van der Waals surface area contributed by atoms with Crippen LogP contribution in [0.25, 0.3) is 0 Å². The highest BCUT2D eigenvalue weighted by Crippen LogP contribution is 1.68. The molecule has 0 spiro atoms. The van der Waals surface area contributed by atoms with Crippen LogP contribution >= 0.6 is 0 Å². The van der Waals surface area contributed by atoms with Gasteiger partial charge in [0.1, 0.15) is 0 Å². The largest absolute Gasteiger partial charge is 0.452 e. The molecule has 0 aromatic carbocycles. The number of rotatable bonds is 1. The van der Waals surface area contributed by atoms with Crippen LogP contribution in [-0.4, -0.2) is 12.7 Å². The van der Waals surface area contributed by atoms with Crippen LogP contribution in [0, 0.1) is 0 Å². The van der Waals surface area contributed by atoms with Crippen molar-refractivity contribution in [3.05, 3.63) is 0 Å². The van der Waals surface area contributed by atoms with Crippen molar-refractivity contribution in [3.63, 3.8) is 0 Å². The van der Waals surface area contributed by atoms with E-state index in [2.05, 4.69) is 4.74 Å². The summed E-state index contributed by atoms with van der Waals surface area (Å²) in [5.41, 5.74) is 7.69. The SMILES string of the molecule is CCOC([N])=O. The molecule has 34 valence electrons. The minimum atomic E-state index is -1.21. The third-order valence-electron chi connectivity index (χ3n) is 0.268. The molecule has 0 rings (SSSR count). The molecule has 0 aliphatic rings. The topological polar surface area (TPSA) is 48.6 Å². The number of carbonyl (C=O) groups is 1. The Kier molecular flexibility index (Phi) is 2.20. The summed E-state index contributed by atoms with van der Waals surface area (Å²) in [6.45, 7) is 1.85. The van der Waals surface area contributed by atoms with Gasteiger partial charge in [0, 0.05) is 0 Å². The molecule has 0 fully saturated rings. The summed E-state index contributed by atoms with van der Waals surface area (Å²) in [6, 6.07) is 0. The van der Waals surface area contributed by atoms with E-state index < -0.39 is 6.09 Å². The standard InChI is InChI=1S/C3H5NO2/c1-2-6-3(4)5/h2H2,1H3. The maximum atomic E-state index is 9.38. The molecule has 0 aliphatic carbocycles. The van der Waals surface area contributed by atoms with Crippen LogP contribution in [0.15, 0.2) is 0 Å². The molecule has 0 aromatic heterocycles. The van der Waals surface area contributed by atoms with E-state index in [1.807, 2.05) is 0 Å². The van der Waals surface area contributed by atoms with Crippen LogP contribution in [-0.2, 0) is 4.74 Å². The second-order valence-electron chi connectivity index (χ2n) is 0.699. The summed E-state index contributed by atoms with van der Waals surface area (Å²) in [5.74, 6) is 0. The quantitative estimate of drug-likeness (QED) is 0.459. The monoisotopic (exact) mass is 87.0 g/mol. The second-order valence-corrected chi connectivity index (χ2v) is 0.699. The molecule has 6 heavy (non-hydrogen) atoms. The van der Waals surface area contributed by atoms with Gasteiger partial charge in [-0.3, -0.25) is 0 Å². The normalized spacial score (nSPS) is 7.50. The summed E-state index contributed by atoms with van der Waals surface area (Å²) >= 11 is 0. The van der Waals surface area contributed by atoms with Crippen molar-refractivity contribution in [2.75, 3.05) is 6.61 Å². The first kappa shape index (κ1) is 5.27. The fraction of sp³-hybridized carbons (Fsp3) is 0.667. The summed E-state index contributed by atoms with van der Waals surface area (Å²) in [4.78, 5) is 9.38. The van der Waals surface area contributed by atoms with Gasteiger partial charge in [0.2, 0.25) is 0 Å². The number of nitrogens with zero attached hydrogens (tertiary/aromatic N) is 1. The van der Waals surface area contributed by atoms with E-state index in [9.17, 15) is 4.79 Å². The molecule has 0 saturated heterocycles. The molecule has 0 bridgehead atoms. The molecule has 0 aliphatic heterocycles. The highest BCUT2D eigenvalue weighted by molar-refractivity contribution is 5.63. The molecule has 0 atom stereocenters. The molecule has 1 amide bonds. The molecule has 0 unspecified atom stereocenters. The van der Waals surface area contributed by atoms with Crippen LogP contribution in [0.5, 0.6) is 0 Å². The van der Waals surface area contributed by atoms with Gasteiger partial charge in [-0.2, -0.15) is 0 Å². The smallest absolute Gasteiger partial charge is 0.447 e. The highest BCUT2D eigenvalue weighted by Gasteiger charge is 1.87. The van der Waals surface area contributed by atoms with Crippen LogP contribution in [0.4, 0.5) is 4.79 Å².